The van der Waals surface area contributed by atoms with Crippen LogP contribution >= 0.6 is 11.8 Å². The molecule has 4 nitrogen and oxygen atoms in total. The van der Waals surface area contributed by atoms with Crippen molar-refractivity contribution < 1.29 is 22.8 Å². The predicted molar refractivity (Wildman–Crippen MR) is 124 cm³/mol. The van der Waals surface area contributed by atoms with Crippen molar-refractivity contribution in [2.24, 2.45) is 0 Å². The number of nitrogens with one attached hydrogen (secondary N) is 1. The second-order valence-corrected chi connectivity index (χ2v) is 8.70. The van der Waals surface area contributed by atoms with Gasteiger partial charge in [0.15, 0.2) is 0 Å². The van der Waals surface area contributed by atoms with Gasteiger partial charge in [-0.2, -0.15) is 13.2 Å². The summed E-state index contributed by atoms with van der Waals surface area (Å²) in [4.78, 5) is 26.4. The fourth-order valence-corrected chi connectivity index (χ4v) is 4.82. The average molecular weight is 471 g/mol. The molecule has 33 heavy (non-hydrogen) atoms. The summed E-state index contributed by atoms with van der Waals surface area (Å²) in [7, 11) is 0. The van der Waals surface area contributed by atoms with Crippen LogP contribution in [0.25, 0.3) is 0 Å². The van der Waals surface area contributed by atoms with Crippen molar-refractivity contribution in [2.75, 3.05) is 16.0 Å². The second kappa shape index (κ2) is 9.70. The Morgan fingerprint density at radius 2 is 1.73 bits per heavy atom. The Labute approximate surface area is 193 Å². The first-order valence-electron chi connectivity index (χ1n) is 10.4. The molecule has 0 aromatic heterocycles. The minimum absolute atomic E-state index is 0.120. The number of rotatable bonds is 6. The highest BCUT2D eigenvalue weighted by Crippen LogP contribution is 2.43. The number of alkyl halides is 3. The monoisotopic (exact) mass is 470 g/mol. The van der Waals surface area contributed by atoms with Crippen LogP contribution in [-0.4, -0.2) is 17.6 Å². The summed E-state index contributed by atoms with van der Waals surface area (Å²) >= 11 is 1.39. The minimum Gasteiger partial charge on any atom is -0.326 e. The van der Waals surface area contributed by atoms with Crippen molar-refractivity contribution in [1.29, 1.82) is 0 Å². The molecule has 1 heterocycles. The molecule has 1 N–H and O–H groups in total. The summed E-state index contributed by atoms with van der Waals surface area (Å²) < 4.78 is 38.7. The summed E-state index contributed by atoms with van der Waals surface area (Å²) in [5, 5.41) is 2.50. The summed E-state index contributed by atoms with van der Waals surface area (Å²) in [5.41, 5.74) is 2.11. The van der Waals surface area contributed by atoms with Crippen LogP contribution in [0.15, 0.2) is 78.9 Å². The lowest BCUT2D eigenvalue weighted by atomic mass is 10.1. The van der Waals surface area contributed by atoms with Crippen LogP contribution in [0.4, 0.5) is 24.5 Å². The molecule has 1 fully saturated rings. The zero-order chi connectivity index (χ0) is 23.4. The van der Waals surface area contributed by atoms with Crippen LogP contribution in [0.3, 0.4) is 0 Å². The average Bonchev–Trinajstić information content (AvgIpc) is 3.19. The lowest BCUT2D eigenvalue weighted by Gasteiger charge is -2.25. The molecule has 0 unspecified atom stereocenters. The van der Waals surface area contributed by atoms with Crippen molar-refractivity contribution in [2.45, 2.75) is 24.4 Å². The number of thioether (sulfide) groups is 1. The quantitative estimate of drug-likeness (QED) is 0.477. The molecule has 0 aliphatic carbocycles. The predicted octanol–water partition coefficient (Wildman–Crippen LogP) is 6.06. The van der Waals surface area contributed by atoms with E-state index in [4.69, 9.17) is 0 Å². The third-order valence-electron chi connectivity index (χ3n) is 5.28. The fraction of sp³-hybridized carbons (Fsp3) is 0.200. The zero-order valence-corrected chi connectivity index (χ0v) is 18.3. The van der Waals surface area contributed by atoms with Crippen LogP contribution in [-0.2, 0) is 22.2 Å². The van der Waals surface area contributed by atoms with Gasteiger partial charge in [-0.25, -0.2) is 0 Å². The third-order valence-corrected chi connectivity index (χ3v) is 6.49. The van der Waals surface area contributed by atoms with Crippen molar-refractivity contribution >= 4 is 35.0 Å². The molecule has 170 valence electrons. The summed E-state index contributed by atoms with van der Waals surface area (Å²) in [5.74, 6) is -0.0767. The van der Waals surface area contributed by atoms with Gasteiger partial charge < -0.3 is 5.32 Å². The fourth-order valence-electron chi connectivity index (χ4n) is 3.66. The van der Waals surface area contributed by atoms with Gasteiger partial charge in [0, 0.05) is 17.8 Å². The van der Waals surface area contributed by atoms with E-state index < -0.39 is 17.1 Å². The molecule has 3 aromatic rings. The molecular weight excluding hydrogens is 449 g/mol. The van der Waals surface area contributed by atoms with Crippen molar-refractivity contribution in [1.82, 2.24) is 0 Å². The van der Waals surface area contributed by atoms with Gasteiger partial charge in [-0.15, -0.1) is 11.8 Å². The molecule has 1 aliphatic heterocycles. The van der Waals surface area contributed by atoms with E-state index >= 15 is 0 Å². The molecule has 0 spiro atoms. The first-order chi connectivity index (χ1) is 15.8. The topological polar surface area (TPSA) is 49.4 Å². The van der Waals surface area contributed by atoms with Crippen LogP contribution in [0.2, 0.25) is 0 Å². The normalized spacial score (nSPS) is 16.2. The van der Waals surface area contributed by atoms with Gasteiger partial charge in [-0.3, -0.25) is 14.5 Å². The van der Waals surface area contributed by atoms with Crippen molar-refractivity contribution in [3.8, 4) is 0 Å². The van der Waals surface area contributed by atoms with Gasteiger partial charge in [-0.05, 0) is 53.9 Å². The SMILES string of the molecule is O=C(CCc1ccccc1)Nc1cccc([C@H]2SCC(=O)N2c2ccc(C(F)(F)F)cc2)c1. The Balaban J connectivity index is 1.47. The number of amides is 2. The van der Waals surface area contributed by atoms with Gasteiger partial charge in [-0.1, -0.05) is 42.5 Å². The summed E-state index contributed by atoms with van der Waals surface area (Å²) in [6, 6.07) is 21.5. The molecule has 2 amide bonds. The Hall–Kier alpha value is -3.26. The number of benzene rings is 3. The van der Waals surface area contributed by atoms with Crippen LogP contribution in [0, 0.1) is 0 Å². The second-order valence-electron chi connectivity index (χ2n) is 7.63. The number of aryl methyl sites for hydroxylation is 1. The van der Waals surface area contributed by atoms with E-state index in [0.717, 1.165) is 23.3 Å². The van der Waals surface area contributed by atoms with Crippen molar-refractivity contribution in [3.05, 3.63) is 95.6 Å². The largest absolute Gasteiger partial charge is 0.416 e. The van der Waals surface area contributed by atoms with E-state index in [1.54, 1.807) is 18.2 Å². The first-order valence-corrected chi connectivity index (χ1v) is 11.4. The summed E-state index contributed by atoms with van der Waals surface area (Å²) in [6.45, 7) is 0. The molecule has 4 rings (SSSR count). The maximum Gasteiger partial charge on any atom is 0.416 e. The highest BCUT2D eigenvalue weighted by atomic mass is 32.2. The number of halogens is 3. The lowest BCUT2D eigenvalue weighted by Crippen LogP contribution is -2.28. The third kappa shape index (κ3) is 5.57. The van der Waals surface area contributed by atoms with Gasteiger partial charge in [0.25, 0.3) is 0 Å². The van der Waals surface area contributed by atoms with E-state index in [2.05, 4.69) is 5.32 Å². The van der Waals surface area contributed by atoms with E-state index in [1.165, 1.54) is 28.8 Å². The Morgan fingerprint density at radius 3 is 2.42 bits per heavy atom. The molecule has 3 aromatic carbocycles. The van der Waals surface area contributed by atoms with Gasteiger partial charge in [0.2, 0.25) is 11.8 Å². The number of nitrogens with zero attached hydrogens (tertiary/aromatic N) is 1. The van der Waals surface area contributed by atoms with E-state index in [-0.39, 0.29) is 17.6 Å². The Bertz CT molecular complexity index is 1130. The zero-order valence-electron chi connectivity index (χ0n) is 17.5. The number of anilines is 2. The smallest absolute Gasteiger partial charge is 0.326 e. The van der Waals surface area contributed by atoms with Crippen molar-refractivity contribution in [3.63, 3.8) is 0 Å². The molecular formula is C25H21F3N2O2S. The molecule has 0 radical (unpaired) electrons. The Kier molecular flexibility index (Phi) is 6.74. The van der Waals surface area contributed by atoms with Gasteiger partial charge in [0.1, 0.15) is 5.37 Å². The first kappa shape index (κ1) is 22.9. The summed E-state index contributed by atoms with van der Waals surface area (Å²) in [6.07, 6.45) is -3.47. The maximum atomic E-state index is 12.9. The number of carbonyl (C=O) groups excluding carboxylic acids is 2. The number of hydrogen-bond donors (Lipinski definition) is 1. The molecule has 1 atom stereocenters. The molecule has 0 bridgehead atoms. The van der Waals surface area contributed by atoms with Gasteiger partial charge in [0.05, 0.1) is 11.3 Å². The molecule has 0 saturated carbocycles. The number of carbonyl (C=O) groups is 2. The maximum absolute atomic E-state index is 12.9. The molecule has 1 aliphatic rings. The molecule has 8 heteroatoms. The standard InChI is InChI=1S/C25H21F3N2O2S/c26-25(27,28)19-10-12-21(13-11-19)30-23(32)16-33-24(30)18-7-4-8-20(15-18)29-22(31)14-9-17-5-2-1-3-6-17/h1-8,10-13,15,24H,9,14,16H2,(H,29,31)/t24-/m1/s1. The van der Waals surface area contributed by atoms with E-state index in [9.17, 15) is 22.8 Å². The molecule has 1 saturated heterocycles. The van der Waals surface area contributed by atoms with E-state index in [0.29, 0.717) is 24.2 Å². The van der Waals surface area contributed by atoms with E-state index in [1.807, 2.05) is 36.4 Å². The van der Waals surface area contributed by atoms with Crippen LogP contribution in [0.1, 0.15) is 28.5 Å². The lowest BCUT2D eigenvalue weighted by molar-refractivity contribution is -0.137. The highest BCUT2D eigenvalue weighted by molar-refractivity contribution is 8.00. The van der Waals surface area contributed by atoms with Crippen LogP contribution < -0.4 is 10.2 Å². The number of hydrogen-bond acceptors (Lipinski definition) is 3. The van der Waals surface area contributed by atoms with Crippen LogP contribution in [0.5, 0.6) is 0 Å². The highest BCUT2D eigenvalue weighted by Gasteiger charge is 2.35. The minimum atomic E-state index is -4.44. The van der Waals surface area contributed by atoms with Gasteiger partial charge >= 0.3 is 6.18 Å². The Morgan fingerprint density at radius 1 is 1.00 bits per heavy atom.